The number of aromatic nitrogens is 1. The monoisotopic (exact) mass is 519 g/mol. The predicted octanol–water partition coefficient (Wildman–Crippen LogP) is -1.06. The number of hydrogen-bond donors (Lipinski definition) is 8. The number of fused-ring (bicyclic) bond motifs is 1. The molecule has 0 aliphatic heterocycles. The molecule has 4 atom stereocenters. The van der Waals surface area contributed by atoms with Crippen LogP contribution in [0.4, 0.5) is 0 Å². The second-order valence-corrected chi connectivity index (χ2v) is 8.39. The molecule has 0 radical (unpaired) electrons. The third-order valence-electron chi connectivity index (χ3n) is 5.48. The number of carbonyl (C=O) groups excluding carboxylic acids is 3. The Hall–Kier alpha value is -4.46. The fourth-order valence-electron chi connectivity index (χ4n) is 3.49. The Morgan fingerprint density at radius 2 is 1.54 bits per heavy atom. The van der Waals surface area contributed by atoms with E-state index in [-0.39, 0.29) is 12.8 Å². The average Bonchev–Trinajstić information content (AvgIpc) is 3.23. The SMILES string of the molecule is CC(NC(=O)C(CC(=O)O)NC(=O)C(N)Cc1c[nH]c2ccccc12)C(=O)NC(CCC(=O)O)C(=O)O. The lowest BCUT2D eigenvalue weighted by Gasteiger charge is -2.22. The number of carboxylic acids is 3. The molecule has 200 valence electrons. The molecule has 0 saturated carbocycles. The van der Waals surface area contributed by atoms with Crippen LogP contribution in [0.25, 0.3) is 10.9 Å². The molecule has 0 aliphatic carbocycles. The van der Waals surface area contributed by atoms with Gasteiger partial charge in [-0.15, -0.1) is 0 Å². The maximum atomic E-state index is 12.7. The van der Waals surface area contributed by atoms with Crippen molar-refractivity contribution in [3.8, 4) is 0 Å². The van der Waals surface area contributed by atoms with E-state index in [4.69, 9.17) is 15.9 Å². The van der Waals surface area contributed by atoms with Gasteiger partial charge in [0, 0.05) is 23.5 Å². The second kappa shape index (κ2) is 13.0. The van der Waals surface area contributed by atoms with Gasteiger partial charge in [-0.1, -0.05) is 18.2 Å². The van der Waals surface area contributed by atoms with E-state index in [1.54, 1.807) is 6.20 Å². The summed E-state index contributed by atoms with van der Waals surface area (Å²) in [5.41, 5.74) is 7.58. The number of rotatable bonds is 14. The molecular formula is C23H29N5O9. The first-order valence-electron chi connectivity index (χ1n) is 11.3. The van der Waals surface area contributed by atoms with Crippen molar-refractivity contribution in [2.75, 3.05) is 0 Å². The number of aromatic amines is 1. The maximum absolute atomic E-state index is 12.7. The number of nitrogens with two attached hydrogens (primary N) is 1. The highest BCUT2D eigenvalue weighted by atomic mass is 16.4. The largest absolute Gasteiger partial charge is 0.481 e. The van der Waals surface area contributed by atoms with Crippen LogP contribution in [-0.4, -0.2) is 80.1 Å². The minimum absolute atomic E-state index is 0.100. The molecule has 1 aromatic carbocycles. The standard InChI is InChI=1S/C23H29N5O9/c1-11(20(33)27-16(23(36)37)6-7-18(29)30)26-22(35)17(9-19(31)32)28-21(34)14(24)8-12-10-25-15-5-3-2-4-13(12)15/h2-5,10-11,14,16-17,25H,6-9,24H2,1H3,(H,26,35)(H,27,33)(H,28,34)(H,29,30)(H,31,32)(H,36,37). The normalized spacial score (nSPS) is 14.1. The van der Waals surface area contributed by atoms with Crippen LogP contribution in [0.2, 0.25) is 0 Å². The first-order chi connectivity index (χ1) is 17.4. The van der Waals surface area contributed by atoms with Crippen LogP contribution in [0.15, 0.2) is 30.5 Å². The maximum Gasteiger partial charge on any atom is 0.326 e. The molecule has 4 unspecified atom stereocenters. The number of carboxylic acid groups (broad SMARTS) is 3. The first-order valence-corrected chi connectivity index (χ1v) is 11.3. The van der Waals surface area contributed by atoms with Crippen LogP contribution >= 0.6 is 0 Å². The van der Waals surface area contributed by atoms with E-state index < -0.39 is 72.6 Å². The van der Waals surface area contributed by atoms with Crippen LogP contribution in [0, 0.1) is 0 Å². The minimum atomic E-state index is -1.57. The van der Waals surface area contributed by atoms with Crippen molar-refractivity contribution >= 4 is 46.5 Å². The van der Waals surface area contributed by atoms with Gasteiger partial charge in [0.2, 0.25) is 17.7 Å². The van der Waals surface area contributed by atoms with Crippen molar-refractivity contribution in [2.24, 2.45) is 5.73 Å². The van der Waals surface area contributed by atoms with Crippen LogP contribution in [-0.2, 0) is 35.2 Å². The number of aliphatic carboxylic acids is 3. The smallest absolute Gasteiger partial charge is 0.326 e. The number of nitrogens with one attached hydrogen (secondary N) is 4. The molecule has 3 amide bonds. The number of hydrogen-bond acceptors (Lipinski definition) is 7. The molecule has 2 aromatic rings. The Balaban J connectivity index is 2.01. The molecule has 1 aromatic heterocycles. The van der Waals surface area contributed by atoms with Crippen LogP contribution < -0.4 is 21.7 Å². The predicted molar refractivity (Wildman–Crippen MR) is 128 cm³/mol. The molecule has 9 N–H and O–H groups in total. The Morgan fingerprint density at radius 1 is 0.892 bits per heavy atom. The zero-order chi connectivity index (χ0) is 27.7. The van der Waals surface area contributed by atoms with E-state index in [2.05, 4.69) is 20.9 Å². The second-order valence-electron chi connectivity index (χ2n) is 8.39. The van der Waals surface area contributed by atoms with Gasteiger partial charge in [-0.3, -0.25) is 24.0 Å². The number of carbonyl (C=O) groups is 6. The average molecular weight is 520 g/mol. The highest BCUT2D eigenvalue weighted by Gasteiger charge is 2.30. The number of benzene rings is 1. The Bertz CT molecular complexity index is 1180. The molecule has 0 aliphatic rings. The van der Waals surface area contributed by atoms with Crippen LogP contribution in [0.1, 0.15) is 31.7 Å². The first kappa shape index (κ1) is 28.8. The van der Waals surface area contributed by atoms with Crippen molar-refractivity contribution in [2.45, 2.75) is 56.8 Å². The summed E-state index contributed by atoms with van der Waals surface area (Å²) in [6.07, 6.45) is 0.0953. The van der Waals surface area contributed by atoms with Crippen molar-refractivity contribution in [1.82, 2.24) is 20.9 Å². The van der Waals surface area contributed by atoms with Crippen LogP contribution in [0.5, 0.6) is 0 Å². The Kier molecular flexibility index (Phi) is 10.1. The van der Waals surface area contributed by atoms with Crippen molar-refractivity contribution in [3.63, 3.8) is 0 Å². The van der Waals surface area contributed by atoms with Gasteiger partial charge in [0.15, 0.2) is 0 Å². The zero-order valence-electron chi connectivity index (χ0n) is 19.9. The Morgan fingerprint density at radius 3 is 2.16 bits per heavy atom. The number of amides is 3. The van der Waals surface area contributed by atoms with Crippen molar-refractivity contribution < 1.29 is 44.1 Å². The van der Waals surface area contributed by atoms with E-state index in [9.17, 15) is 33.9 Å². The van der Waals surface area contributed by atoms with Crippen molar-refractivity contribution in [3.05, 3.63) is 36.0 Å². The molecule has 2 rings (SSSR count). The topological polar surface area (TPSA) is 241 Å². The molecule has 1 heterocycles. The molecule has 14 nitrogen and oxygen atoms in total. The third kappa shape index (κ3) is 8.61. The van der Waals surface area contributed by atoms with Gasteiger partial charge in [0.25, 0.3) is 0 Å². The zero-order valence-corrected chi connectivity index (χ0v) is 19.9. The summed E-state index contributed by atoms with van der Waals surface area (Å²) in [5, 5.41) is 34.5. The Labute approximate surface area is 210 Å². The van der Waals surface area contributed by atoms with Gasteiger partial charge in [-0.05, 0) is 31.4 Å². The number of H-pyrrole nitrogens is 1. The lowest BCUT2D eigenvalue weighted by molar-refractivity contribution is -0.144. The van der Waals surface area contributed by atoms with Gasteiger partial charge < -0.3 is 42.0 Å². The van der Waals surface area contributed by atoms with E-state index >= 15 is 0 Å². The summed E-state index contributed by atoms with van der Waals surface area (Å²) in [6, 6.07) is 1.82. The quantitative estimate of drug-likeness (QED) is 0.150. The van der Waals surface area contributed by atoms with Crippen molar-refractivity contribution in [1.29, 1.82) is 0 Å². The highest BCUT2D eigenvalue weighted by Crippen LogP contribution is 2.18. The highest BCUT2D eigenvalue weighted by molar-refractivity contribution is 5.95. The van der Waals surface area contributed by atoms with Gasteiger partial charge in [0.05, 0.1) is 12.5 Å². The summed E-state index contributed by atoms with van der Waals surface area (Å²) in [4.78, 5) is 73.9. The minimum Gasteiger partial charge on any atom is -0.481 e. The molecule has 14 heteroatoms. The van der Waals surface area contributed by atoms with E-state index in [1.807, 2.05) is 24.3 Å². The third-order valence-corrected chi connectivity index (χ3v) is 5.48. The van der Waals surface area contributed by atoms with Gasteiger partial charge >= 0.3 is 17.9 Å². The molecular weight excluding hydrogens is 490 g/mol. The van der Waals surface area contributed by atoms with Gasteiger partial charge in [0.1, 0.15) is 18.1 Å². The van der Waals surface area contributed by atoms with E-state index in [1.165, 1.54) is 6.92 Å². The van der Waals surface area contributed by atoms with Crippen LogP contribution in [0.3, 0.4) is 0 Å². The summed E-state index contributed by atoms with van der Waals surface area (Å²) < 4.78 is 0. The lowest BCUT2D eigenvalue weighted by atomic mass is 10.0. The molecule has 0 saturated heterocycles. The fraction of sp³-hybridized carbons (Fsp3) is 0.391. The fourth-order valence-corrected chi connectivity index (χ4v) is 3.49. The van der Waals surface area contributed by atoms with E-state index in [0.29, 0.717) is 0 Å². The molecule has 37 heavy (non-hydrogen) atoms. The lowest BCUT2D eigenvalue weighted by Crippen LogP contribution is -2.57. The summed E-state index contributed by atoms with van der Waals surface area (Å²) in [7, 11) is 0. The summed E-state index contributed by atoms with van der Waals surface area (Å²) in [6.45, 7) is 1.21. The number of para-hydroxylation sites is 1. The molecule has 0 bridgehead atoms. The van der Waals surface area contributed by atoms with E-state index in [0.717, 1.165) is 16.5 Å². The van der Waals surface area contributed by atoms with Gasteiger partial charge in [-0.25, -0.2) is 4.79 Å². The van der Waals surface area contributed by atoms with Gasteiger partial charge in [-0.2, -0.15) is 0 Å². The molecule has 0 fully saturated rings. The summed E-state index contributed by atoms with van der Waals surface area (Å²) in [5.74, 6) is -6.85. The summed E-state index contributed by atoms with van der Waals surface area (Å²) >= 11 is 0. The molecule has 0 spiro atoms.